The molecule has 1 aliphatic rings. The topological polar surface area (TPSA) is 62.1 Å². The van der Waals surface area contributed by atoms with Crippen molar-refractivity contribution in [3.8, 4) is 11.5 Å². The van der Waals surface area contributed by atoms with Crippen molar-refractivity contribution in [3.05, 3.63) is 46.2 Å². The Hall–Kier alpha value is -2.34. The summed E-state index contributed by atoms with van der Waals surface area (Å²) in [6.07, 6.45) is 0.986. The zero-order valence-corrected chi connectivity index (χ0v) is 13.8. The summed E-state index contributed by atoms with van der Waals surface area (Å²) >= 11 is 1.61. The zero-order valence-electron chi connectivity index (χ0n) is 13.0. The molecule has 0 bridgehead atoms. The Balaban J connectivity index is 1.96. The molecule has 3 rings (SSSR count). The molecule has 0 aliphatic carbocycles. The van der Waals surface area contributed by atoms with Gasteiger partial charge in [0.1, 0.15) is 11.5 Å². The van der Waals surface area contributed by atoms with Crippen LogP contribution < -0.4 is 4.74 Å². The van der Waals surface area contributed by atoms with Crippen LogP contribution in [0.1, 0.15) is 36.2 Å². The van der Waals surface area contributed by atoms with Gasteiger partial charge in [-0.2, -0.15) is 5.10 Å². The van der Waals surface area contributed by atoms with Crippen LogP contribution in [-0.2, 0) is 4.79 Å². The second-order valence-electron chi connectivity index (χ2n) is 5.26. The number of nitrogens with zero attached hydrogens (tertiary/aromatic N) is 2. The number of aromatic hydroxyl groups is 1. The van der Waals surface area contributed by atoms with Gasteiger partial charge < -0.3 is 9.84 Å². The minimum Gasteiger partial charge on any atom is -0.507 e. The fraction of sp³-hybridized carbons (Fsp3) is 0.294. The fourth-order valence-corrected chi connectivity index (χ4v) is 3.46. The molecule has 120 valence electrons. The van der Waals surface area contributed by atoms with E-state index in [1.807, 2.05) is 24.4 Å². The molecule has 2 heterocycles. The first-order valence-electron chi connectivity index (χ1n) is 7.44. The largest absolute Gasteiger partial charge is 0.507 e. The van der Waals surface area contributed by atoms with Crippen molar-refractivity contribution in [1.82, 2.24) is 5.01 Å². The molecule has 0 fully saturated rings. The minimum atomic E-state index is -0.0982. The molecule has 1 aromatic carbocycles. The number of methoxy groups -OCH3 is 1. The molecule has 0 saturated heterocycles. The normalized spacial score (nSPS) is 17.2. The van der Waals surface area contributed by atoms with Crippen molar-refractivity contribution in [2.24, 2.45) is 5.10 Å². The maximum Gasteiger partial charge on any atom is 0.243 e. The van der Waals surface area contributed by atoms with Gasteiger partial charge in [0, 0.05) is 29.3 Å². The summed E-state index contributed by atoms with van der Waals surface area (Å²) in [6.45, 7) is 1.83. The molecule has 5 nitrogen and oxygen atoms in total. The summed E-state index contributed by atoms with van der Waals surface area (Å²) in [4.78, 5) is 13.3. The first-order chi connectivity index (χ1) is 11.1. The van der Waals surface area contributed by atoms with Crippen molar-refractivity contribution in [1.29, 1.82) is 0 Å². The number of ether oxygens (including phenoxy) is 1. The van der Waals surface area contributed by atoms with E-state index in [9.17, 15) is 9.90 Å². The molecule has 1 unspecified atom stereocenters. The van der Waals surface area contributed by atoms with Crippen LogP contribution in [0.25, 0.3) is 0 Å². The Morgan fingerprint density at radius 2 is 2.30 bits per heavy atom. The number of rotatable bonds is 4. The van der Waals surface area contributed by atoms with Crippen LogP contribution in [-0.4, -0.2) is 28.8 Å². The van der Waals surface area contributed by atoms with Gasteiger partial charge in [-0.25, -0.2) is 5.01 Å². The standard InChI is InChI=1S/C17H18N2O3S/c1-3-17(21)19-14(16-5-4-8-23-16)10-13(18-19)12-7-6-11(22-2)9-15(12)20/h4-9,14,20H,3,10H2,1-2H3. The highest BCUT2D eigenvalue weighted by molar-refractivity contribution is 7.10. The van der Waals surface area contributed by atoms with Crippen molar-refractivity contribution in [2.45, 2.75) is 25.8 Å². The van der Waals surface area contributed by atoms with Crippen LogP contribution in [0.15, 0.2) is 40.8 Å². The van der Waals surface area contributed by atoms with Crippen LogP contribution in [0.3, 0.4) is 0 Å². The van der Waals surface area contributed by atoms with E-state index in [2.05, 4.69) is 5.10 Å². The Morgan fingerprint density at radius 3 is 2.91 bits per heavy atom. The molecule has 1 amide bonds. The van der Waals surface area contributed by atoms with E-state index in [1.54, 1.807) is 41.7 Å². The van der Waals surface area contributed by atoms with Gasteiger partial charge in [-0.15, -0.1) is 11.3 Å². The van der Waals surface area contributed by atoms with E-state index in [4.69, 9.17) is 4.74 Å². The maximum absolute atomic E-state index is 12.2. The molecule has 1 aliphatic heterocycles. The van der Waals surface area contributed by atoms with Gasteiger partial charge in [0.05, 0.1) is 18.9 Å². The molecule has 0 spiro atoms. The van der Waals surface area contributed by atoms with E-state index in [0.29, 0.717) is 29.9 Å². The van der Waals surface area contributed by atoms with Crippen LogP contribution in [0, 0.1) is 0 Å². The summed E-state index contributed by atoms with van der Waals surface area (Å²) < 4.78 is 5.11. The number of phenols is 1. The lowest BCUT2D eigenvalue weighted by atomic mass is 10.0. The number of carbonyl (C=O) groups is 1. The fourth-order valence-electron chi connectivity index (χ4n) is 2.65. The lowest BCUT2D eigenvalue weighted by Crippen LogP contribution is -2.25. The summed E-state index contributed by atoms with van der Waals surface area (Å²) in [5.41, 5.74) is 1.35. The lowest BCUT2D eigenvalue weighted by molar-refractivity contribution is -0.132. The minimum absolute atomic E-state index is 0.0219. The molecule has 1 aromatic heterocycles. The monoisotopic (exact) mass is 330 g/mol. The number of hydrogen-bond donors (Lipinski definition) is 1. The Kier molecular flexibility index (Phi) is 4.34. The van der Waals surface area contributed by atoms with Gasteiger partial charge in [-0.1, -0.05) is 13.0 Å². The second kappa shape index (κ2) is 6.42. The molecule has 1 atom stereocenters. The number of amides is 1. The number of carbonyl (C=O) groups excluding carboxylic acids is 1. The highest BCUT2D eigenvalue weighted by Crippen LogP contribution is 2.37. The predicted octanol–water partition coefficient (Wildman–Crippen LogP) is 3.55. The lowest BCUT2D eigenvalue weighted by Gasteiger charge is -2.19. The Bertz CT molecular complexity index is 740. The van der Waals surface area contributed by atoms with Crippen molar-refractivity contribution < 1.29 is 14.6 Å². The third kappa shape index (κ3) is 2.94. The van der Waals surface area contributed by atoms with Crippen molar-refractivity contribution >= 4 is 23.0 Å². The van der Waals surface area contributed by atoms with Crippen LogP contribution in [0.2, 0.25) is 0 Å². The van der Waals surface area contributed by atoms with E-state index in [1.165, 1.54) is 0 Å². The van der Waals surface area contributed by atoms with Gasteiger partial charge in [-0.05, 0) is 23.6 Å². The second-order valence-corrected chi connectivity index (χ2v) is 6.24. The average molecular weight is 330 g/mol. The first kappa shape index (κ1) is 15.6. The third-order valence-corrected chi connectivity index (χ3v) is 4.83. The number of benzene rings is 1. The molecular formula is C17H18N2O3S. The Morgan fingerprint density at radius 1 is 1.48 bits per heavy atom. The van der Waals surface area contributed by atoms with Crippen LogP contribution in [0.4, 0.5) is 0 Å². The van der Waals surface area contributed by atoms with Crippen LogP contribution in [0.5, 0.6) is 11.5 Å². The summed E-state index contributed by atoms with van der Waals surface area (Å²) in [5, 5.41) is 18.2. The van der Waals surface area contributed by atoms with Gasteiger partial charge in [0.15, 0.2) is 0 Å². The van der Waals surface area contributed by atoms with E-state index < -0.39 is 0 Å². The number of thiophene rings is 1. The predicted molar refractivity (Wildman–Crippen MR) is 90.0 cm³/mol. The third-order valence-electron chi connectivity index (χ3n) is 3.86. The van der Waals surface area contributed by atoms with Gasteiger partial charge in [0.25, 0.3) is 0 Å². The summed E-state index contributed by atoms with van der Waals surface area (Å²) in [5.74, 6) is 0.673. The van der Waals surface area contributed by atoms with Gasteiger partial charge in [-0.3, -0.25) is 4.79 Å². The quantitative estimate of drug-likeness (QED) is 0.932. The van der Waals surface area contributed by atoms with Crippen LogP contribution >= 0.6 is 11.3 Å². The molecule has 0 radical (unpaired) electrons. The maximum atomic E-state index is 12.2. The first-order valence-corrected chi connectivity index (χ1v) is 8.32. The number of phenolic OH excluding ortho intramolecular Hbond substituents is 1. The van der Waals surface area contributed by atoms with E-state index in [-0.39, 0.29) is 17.7 Å². The van der Waals surface area contributed by atoms with Crippen molar-refractivity contribution in [3.63, 3.8) is 0 Å². The molecule has 23 heavy (non-hydrogen) atoms. The smallest absolute Gasteiger partial charge is 0.243 e. The van der Waals surface area contributed by atoms with E-state index in [0.717, 1.165) is 4.88 Å². The number of hydrazone groups is 1. The SMILES string of the molecule is CCC(=O)N1N=C(c2ccc(OC)cc2O)CC1c1cccs1. The molecule has 1 N–H and O–H groups in total. The van der Waals surface area contributed by atoms with Gasteiger partial charge in [0.2, 0.25) is 5.91 Å². The highest BCUT2D eigenvalue weighted by atomic mass is 32.1. The average Bonchev–Trinajstić information content (AvgIpc) is 3.23. The Labute approximate surface area is 138 Å². The number of hydrogen-bond acceptors (Lipinski definition) is 5. The zero-order chi connectivity index (χ0) is 16.4. The molecule has 6 heteroatoms. The van der Waals surface area contributed by atoms with Crippen molar-refractivity contribution in [2.75, 3.05) is 7.11 Å². The van der Waals surface area contributed by atoms with E-state index >= 15 is 0 Å². The highest BCUT2D eigenvalue weighted by Gasteiger charge is 2.33. The van der Waals surface area contributed by atoms with Gasteiger partial charge >= 0.3 is 0 Å². The molecule has 0 saturated carbocycles. The molecule has 2 aromatic rings. The summed E-state index contributed by atoms with van der Waals surface area (Å²) in [7, 11) is 1.55. The molecular weight excluding hydrogens is 312 g/mol. The summed E-state index contributed by atoms with van der Waals surface area (Å²) in [6, 6.07) is 9.00.